The average molecular weight is 410 g/mol. The lowest BCUT2D eigenvalue weighted by molar-refractivity contribution is -0.385. The molecule has 0 bridgehead atoms. The van der Waals surface area contributed by atoms with Gasteiger partial charge >= 0.3 is 5.69 Å². The Balaban J connectivity index is 1.65. The standard InChI is InChI=1S/C19H18N6O5/c1-12-16(13(2)30-21-12)10-23-9-15(7-20-23)24-18(26)11-22(19(24)27)8-14-5-3-4-6-17(14)25(28)29/h3-7,9,11,26H,8,10H2,1-2H3. The van der Waals surface area contributed by atoms with Gasteiger partial charge in [0.2, 0.25) is 5.88 Å². The van der Waals surface area contributed by atoms with Gasteiger partial charge in [-0.05, 0) is 13.8 Å². The summed E-state index contributed by atoms with van der Waals surface area (Å²) in [6, 6.07) is 6.15. The SMILES string of the molecule is Cc1noc(C)c1Cn1cc(-n2c(O)cn(Cc3ccccc3[N+](=O)[O-])c2=O)cn1. The van der Waals surface area contributed by atoms with Crippen molar-refractivity contribution in [1.82, 2.24) is 24.1 Å². The van der Waals surface area contributed by atoms with E-state index >= 15 is 0 Å². The van der Waals surface area contributed by atoms with Crippen LogP contribution in [0.2, 0.25) is 0 Å². The number of hydrogen-bond donors (Lipinski definition) is 1. The Kier molecular flexibility index (Phi) is 4.70. The van der Waals surface area contributed by atoms with Crippen LogP contribution < -0.4 is 5.69 Å². The predicted molar refractivity (Wildman–Crippen MR) is 105 cm³/mol. The van der Waals surface area contributed by atoms with Crippen molar-refractivity contribution in [3.05, 3.63) is 86.0 Å². The zero-order chi connectivity index (χ0) is 21.4. The van der Waals surface area contributed by atoms with Gasteiger partial charge in [0, 0.05) is 23.4 Å². The summed E-state index contributed by atoms with van der Waals surface area (Å²) in [6.07, 6.45) is 4.31. The van der Waals surface area contributed by atoms with E-state index < -0.39 is 10.6 Å². The minimum absolute atomic E-state index is 0.0518. The third-order valence-corrected chi connectivity index (χ3v) is 4.85. The maximum atomic E-state index is 12.8. The number of imidazole rings is 1. The van der Waals surface area contributed by atoms with Gasteiger partial charge in [0.1, 0.15) is 5.76 Å². The van der Waals surface area contributed by atoms with Crippen LogP contribution in [0.15, 0.2) is 52.2 Å². The Bertz CT molecular complexity index is 1280. The molecule has 3 heterocycles. The van der Waals surface area contributed by atoms with Gasteiger partial charge in [-0.1, -0.05) is 23.4 Å². The number of hydrogen-bond acceptors (Lipinski definition) is 7. The van der Waals surface area contributed by atoms with Gasteiger partial charge in [-0.15, -0.1) is 0 Å². The lowest BCUT2D eigenvalue weighted by atomic mass is 10.2. The number of nitrogens with zero attached hydrogens (tertiary/aromatic N) is 6. The molecule has 0 saturated heterocycles. The Morgan fingerprint density at radius 2 is 1.97 bits per heavy atom. The van der Waals surface area contributed by atoms with Crippen molar-refractivity contribution in [3.8, 4) is 11.6 Å². The zero-order valence-corrected chi connectivity index (χ0v) is 16.2. The molecular weight excluding hydrogens is 392 g/mol. The van der Waals surface area contributed by atoms with E-state index in [1.165, 1.54) is 23.0 Å². The normalized spacial score (nSPS) is 11.1. The molecule has 11 heteroatoms. The molecule has 4 aromatic rings. The van der Waals surface area contributed by atoms with Crippen molar-refractivity contribution >= 4 is 5.69 Å². The van der Waals surface area contributed by atoms with Gasteiger partial charge in [-0.25, -0.2) is 9.36 Å². The third kappa shape index (κ3) is 3.36. The molecule has 0 unspecified atom stereocenters. The fourth-order valence-corrected chi connectivity index (χ4v) is 3.29. The molecule has 0 saturated carbocycles. The van der Waals surface area contributed by atoms with Gasteiger partial charge < -0.3 is 9.63 Å². The van der Waals surface area contributed by atoms with Crippen LogP contribution in [0, 0.1) is 24.0 Å². The molecule has 0 atom stereocenters. The van der Waals surface area contributed by atoms with E-state index in [4.69, 9.17) is 4.52 Å². The molecule has 0 radical (unpaired) electrons. The molecule has 0 aliphatic heterocycles. The highest BCUT2D eigenvalue weighted by Gasteiger charge is 2.18. The summed E-state index contributed by atoms with van der Waals surface area (Å²) in [7, 11) is 0. The van der Waals surface area contributed by atoms with E-state index in [2.05, 4.69) is 10.3 Å². The highest BCUT2D eigenvalue weighted by atomic mass is 16.6. The average Bonchev–Trinajstić information content (AvgIpc) is 3.37. The van der Waals surface area contributed by atoms with Gasteiger partial charge in [0.15, 0.2) is 0 Å². The fraction of sp³-hybridized carbons (Fsp3) is 0.211. The van der Waals surface area contributed by atoms with Crippen LogP contribution in [0.5, 0.6) is 5.88 Å². The maximum Gasteiger partial charge on any atom is 0.336 e. The van der Waals surface area contributed by atoms with E-state index in [9.17, 15) is 20.0 Å². The van der Waals surface area contributed by atoms with E-state index in [1.807, 2.05) is 6.92 Å². The smallest absolute Gasteiger partial charge is 0.336 e. The van der Waals surface area contributed by atoms with E-state index in [0.717, 1.165) is 15.8 Å². The number of para-hydroxylation sites is 1. The molecule has 1 N–H and O–H groups in total. The number of nitro benzene ring substituents is 1. The Morgan fingerprint density at radius 1 is 1.20 bits per heavy atom. The molecule has 4 rings (SSSR count). The largest absolute Gasteiger partial charge is 0.493 e. The summed E-state index contributed by atoms with van der Waals surface area (Å²) >= 11 is 0. The molecule has 30 heavy (non-hydrogen) atoms. The quantitative estimate of drug-likeness (QED) is 0.380. The van der Waals surface area contributed by atoms with Crippen molar-refractivity contribution in [3.63, 3.8) is 0 Å². The van der Waals surface area contributed by atoms with Crippen LogP contribution in [-0.4, -0.2) is 34.1 Å². The predicted octanol–water partition coefficient (Wildman–Crippen LogP) is 2.15. The fourth-order valence-electron chi connectivity index (χ4n) is 3.29. The van der Waals surface area contributed by atoms with Crippen molar-refractivity contribution in [2.45, 2.75) is 26.9 Å². The molecule has 0 amide bonds. The molecule has 0 aliphatic carbocycles. The number of rotatable bonds is 6. The lowest BCUT2D eigenvalue weighted by Crippen LogP contribution is -2.23. The van der Waals surface area contributed by atoms with E-state index in [1.54, 1.807) is 36.0 Å². The van der Waals surface area contributed by atoms with Gasteiger partial charge in [-0.3, -0.25) is 19.4 Å². The molecule has 3 aromatic heterocycles. The summed E-state index contributed by atoms with van der Waals surface area (Å²) in [4.78, 5) is 23.6. The van der Waals surface area contributed by atoms with Crippen molar-refractivity contribution in [2.75, 3.05) is 0 Å². The number of aromatic nitrogens is 5. The number of nitro groups is 1. The number of aromatic hydroxyl groups is 1. The molecule has 11 nitrogen and oxygen atoms in total. The Labute approximate surface area is 169 Å². The van der Waals surface area contributed by atoms with Gasteiger partial charge in [0.05, 0.1) is 41.8 Å². The topological polar surface area (TPSA) is 134 Å². The zero-order valence-electron chi connectivity index (χ0n) is 16.2. The lowest BCUT2D eigenvalue weighted by Gasteiger charge is -2.03. The summed E-state index contributed by atoms with van der Waals surface area (Å²) < 4.78 is 9.05. The van der Waals surface area contributed by atoms with Gasteiger partial charge in [0.25, 0.3) is 5.69 Å². The molecule has 0 aliphatic rings. The summed E-state index contributed by atoms with van der Waals surface area (Å²) in [6.45, 7) is 3.98. The second kappa shape index (κ2) is 7.35. The first kappa shape index (κ1) is 19.2. The minimum atomic E-state index is -0.539. The van der Waals surface area contributed by atoms with Crippen LogP contribution in [0.1, 0.15) is 22.6 Å². The number of benzene rings is 1. The van der Waals surface area contributed by atoms with Crippen LogP contribution in [0.25, 0.3) is 5.69 Å². The molecule has 154 valence electrons. The van der Waals surface area contributed by atoms with Crippen LogP contribution >= 0.6 is 0 Å². The molecule has 0 fully saturated rings. The summed E-state index contributed by atoms with van der Waals surface area (Å²) in [5, 5.41) is 29.7. The number of aryl methyl sites for hydroxylation is 2. The van der Waals surface area contributed by atoms with Crippen LogP contribution in [0.3, 0.4) is 0 Å². The second-order valence-electron chi connectivity index (χ2n) is 6.82. The van der Waals surface area contributed by atoms with Gasteiger partial charge in [-0.2, -0.15) is 5.10 Å². The maximum absolute atomic E-state index is 12.8. The first-order valence-electron chi connectivity index (χ1n) is 9.03. The summed E-state index contributed by atoms with van der Waals surface area (Å²) in [5.41, 5.74) is 1.73. The first-order valence-corrected chi connectivity index (χ1v) is 9.03. The minimum Gasteiger partial charge on any atom is -0.493 e. The van der Waals surface area contributed by atoms with Crippen molar-refractivity contribution in [1.29, 1.82) is 0 Å². The van der Waals surface area contributed by atoms with Crippen LogP contribution in [-0.2, 0) is 13.1 Å². The van der Waals surface area contributed by atoms with Crippen LogP contribution in [0.4, 0.5) is 5.69 Å². The first-order chi connectivity index (χ1) is 14.3. The summed E-state index contributed by atoms with van der Waals surface area (Å²) in [5.74, 6) is 0.385. The molecule has 1 aromatic carbocycles. The second-order valence-corrected chi connectivity index (χ2v) is 6.82. The molecule has 0 spiro atoms. The van der Waals surface area contributed by atoms with E-state index in [0.29, 0.717) is 23.6 Å². The monoisotopic (exact) mass is 410 g/mol. The third-order valence-electron chi connectivity index (χ3n) is 4.85. The highest BCUT2D eigenvalue weighted by molar-refractivity contribution is 5.40. The van der Waals surface area contributed by atoms with E-state index in [-0.39, 0.29) is 18.1 Å². The van der Waals surface area contributed by atoms with Crippen molar-refractivity contribution < 1.29 is 14.6 Å². The van der Waals surface area contributed by atoms with Crippen molar-refractivity contribution in [2.24, 2.45) is 0 Å². The Morgan fingerprint density at radius 3 is 2.67 bits per heavy atom. The Hall–Kier alpha value is -4.15. The molecular formula is C19H18N6O5. The highest BCUT2D eigenvalue weighted by Crippen LogP contribution is 2.21.